The first-order chi connectivity index (χ1) is 7.18. The third-order valence-corrected chi connectivity index (χ3v) is 2.42. The molecule has 0 saturated heterocycles. The van der Waals surface area contributed by atoms with Crippen molar-refractivity contribution in [2.75, 3.05) is 6.54 Å². The highest BCUT2D eigenvalue weighted by Crippen LogP contribution is 1.99. The van der Waals surface area contributed by atoms with E-state index < -0.39 is 0 Å². The average molecular weight is 222 g/mol. The summed E-state index contributed by atoms with van der Waals surface area (Å²) in [4.78, 5) is 0.578. The van der Waals surface area contributed by atoms with E-state index in [-0.39, 0.29) is 0 Å². The van der Waals surface area contributed by atoms with Gasteiger partial charge in [0.25, 0.3) is 0 Å². The van der Waals surface area contributed by atoms with E-state index in [0.29, 0.717) is 11.0 Å². The van der Waals surface area contributed by atoms with Crippen LogP contribution in [0.4, 0.5) is 0 Å². The highest BCUT2D eigenvalue weighted by atomic mass is 32.1. The highest BCUT2D eigenvalue weighted by molar-refractivity contribution is 7.80. The smallest absolute Gasteiger partial charge is 0.0742 e. The summed E-state index contributed by atoms with van der Waals surface area (Å²) in [7, 11) is 0. The zero-order valence-electron chi connectivity index (χ0n) is 9.07. The first-order valence-corrected chi connectivity index (χ1v) is 5.65. The Morgan fingerprint density at radius 1 is 1.40 bits per heavy atom. The van der Waals surface area contributed by atoms with E-state index in [2.05, 4.69) is 36.5 Å². The molecule has 1 unspecified atom stereocenters. The van der Waals surface area contributed by atoms with Crippen molar-refractivity contribution in [2.45, 2.75) is 25.8 Å². The Balaban J connectivity index is 2.19. The molecular formula is C12H18N2S. The fourth-order valence-electron chi connectivity index (χ4n) is 1.48. The van der Waals surface area contributed by atoms with Crippen LogP contribution in [0.1, 0.15) is 18.9 Å². The van der Waals surface area contributed by atoms with Crippen molar-refractivity contribution in [1.29, 1.82) is 0 Å². The van der Waals surface area contributed by atoms with Crippen LogP contribution in [0.15, 0.2) is 30.3 Å². The summed E-state index contributed by atoms with van der Waals surface area (Å²) in [5, 5.41) is 3.39. The molecule has 0 bridgehead atoms. The van der Waals surface area contributed by atoms with Crippen LogP contribution in [0.3, 0.4) is 0 Å². The van der Waals surface area contributed by atoms with Crippen LogP contribution in [0.2, 0.25) is 0 Å². The second-order valence-electron chi connectivity index (χ2n) is 3.76. The molecule has 3 N–H and O–H groups in total. The quantitative estimate of drug-likeness (QED) is 0.722. The van der Waals surface area contributed by atoms with Gasteiger partial charge in [-0.3, -0.25) is 0 Å². The van der Waals surface area contributed by atoms with E-state index in [9.17, 15) is 0 Å². The van der Waals surface area contributed by atoms with Crippen LogP contribution in [0.5, 0.6) is 0 Å². The monoisotopic (exact) mass is 222 g/mol. The molecule has 0 saturated carbocycles. The number of nitrogens with two attached hydrogens (primary N) is 1. The minimum Gasteiger partial charge on any atom is -0.393 e. The minimum absolute atomic E-state index is 0.367. The second-order valence-corrected chi connectivity index (χ2v) is 4.29. The third-order valence-electron chi connectivity index (χ3n) is 2.26. The van der Waals surface area contributed by atoms with Gasteiger partial charge >= 0.3 is 0 Å². The summed E-state index contributed by atoms with van der Waals surface area (Å²) >= 11 is 4.85. The second kappa shape index (κ2) is 6.53. The lowest BCUT2D eigenvalue weighted by molar-refractivity contribution is 0.567. The summed E-state index contributed by atoms with van der Waals surface area (Å²) in [6.07, 6.45) is 1.81. The Bertz CT molecular complexity index is 298. The molecule has 15 heavy (non-hydrogen) atoms. The largest absolute Gasteiger partial charge is 0.393 e. The molecule has 0 spiro atoms. The minimum atomic E-state index is 0.367. The van der Waals surface area contributed by atoms with Crippen LogP contribution in [0.25, 0.3) is 0 Å². The summed E-state index contributed by atoms with van der Waals surface area (Å²) in [5.74, 6) is 0. The topological polar surface area (TPSA) is 38.0 Å². The van der Waals surface area contributed by atoms with Gasteiger partial charge in [-0.15, -0.1) is 0 Å². The van der Waals surface area contributed by atoms with Crippen LogP contribution in [-0.4, -0.2) is 17.6 Å². The van der Waals surface area contributed by atoms with Crippen LogP contribution >= 0.6 is 12.2 Å². The van der Waals surface area contributed by atoms with E-state index in [1.54, 1.807) is 0 Å². The Labute approximate surface area is 96.9 Å². The van der Waals surface area contributed by atoms with Gasteiger partial charge in [0.2, 0.25) is 0 Å². The number of rotatable bonds is 6. The molecule has 0 fully saturated rings. The van der Waals surface area contributed by atoms with Gasteiger partial charge in [-0.2, -0.15) is 0 Å². The Morgan fingerprint density at radius 2 is 2.07 bits per heavy atom. The molecule has 1 aromatic rings. The number of thiocarbonyl (C=S) groups is 1. The fraction of sp³-hybridized carbons (Fsp3) is 0.417. The van der Waals surface area contributed by atoms with E-state index in [1.165, 1.54) is 5.56 Å². The summed E-state index contributed by atoms with van der Waals surface area (Å²) < 4.78 is 0. The van der Waals surface area contributed by atoms with Crippen molar-refractivity contribution in [3.05, 3.63) is 35.9 Å². The molecule has 1 atom stereocenters. The lowest BCUT2D eigenvalue weighted by Crippen LogP contribution is -2.31. The molecule has 1 aromatic carbocycles. The highest BCUT2D eigenvalue weighted by Gasteiger charge is 2.01. The first kappa shape index (κ1) is 12.1. The molecule has 0 radical (unpaired) electrons. The molecule has 2 nitrogen and oxygen atoms in total. The molecule has 1 rings (SSSR count). The van der Waals surface area contributed by atoms with Crippen LogP contribution in [0, 0.1) is 0 Å². The predicted molar refractivity (Wildman–Crippen MR) is 69.0 cm³/mol. The lowest BCUT2D eigenvalue weighted by atomic mass is 10.1. The van der Waals surface area contributed by atoms with Gasteiger partial charge in [0.15, 0.2) is 0 Å². The van der Waals surface area contributed by atoms with E-state index in [4.69, 9.17) is 18.0 Å². The predicted octanol–water partition coefficient (Wildman–Crippen LogP) is 1.88. The maximum absolute atomic E-state index is 5.47. The molecule has 0 aliphatic heterocycles. The van der Waals surface area contributed by atoms with E-state index in [1.807, 2.05) is 6.07 Å². The van der Waals surface area contributed by atoms with Crippen molar-refractivity contribution in [2.24, 2.45) is 5.73 Å². The molecule has 0 heterocycles. The molecule has 82 valence electrons. The maximum atomic E-state index is 5.47. The summed E-state index contributed by atoms with van der Waals surface area (Å²) in [5.41, 5.74) is 6.82. The first-order valence-electron chi connectivity index (χ1n) is 5.24. The van der Waals surface area contributed by atoms with Gasteiger partial charge in [0.05, 0.1) is 4.99 Å². The molecule has 0 aromatic heterocycles. The lowest BCUT2D eigenvalue weighted by Gasteiger charge is -2.12. The van der Waals surface area contributed by atoms with Crippen LogP contribution in [-0.2, 0) is 6.42 Å². The molecule has 3 heteroatoms. The normalized spacial score (nSPS) is 12.3. The van der Waals surface area contributed by atoms with E-state index >= 15 is 0 Å². The van der Waals surface area contributed by atoms with Gasteiger partial charge < -0.3 is 11.1 Å². The van der Waals surface area contributed by atoms with Crippen molar-refractivity contribution >= 4 is 17.2 Å². The van der Waals surface area contributed by atoms with Crippen LogP contribution < -0.4 is 11.1 Å². The maximum Gasteiger partial charge on any atom is 0.0742 e. The van der Waals surface area contributed by atoms with Gasteiger partial charge in [0.1, 0.15) is 0 Å². The van der Waals surface area contributed by atoms with Crippen molar-refractivity contribution in [1.82, 2.24) is 5.32 Å². The summed E-state index contributed by atoms with van der Waals surface area (Å²) in [6, 6.07) is 10.8. The fourth-order valence-corrected chi connectivity index (χ4v) is 1.73. The Hall–Kier alpha value is -0.930. The molecule has 0 aliphatic rings. The SMILES string of the molecule is CC(CC(N)=S)NCCc1ccccc1. The number of nitrogens with one attached hydrogen (secondary N) is 1. The Kier molecular flexibility index (Phi) is 5.29. The van der Waals surface area contributed by atoms with Gasteiger partial charge in [-0.05, 0) is 25.5 Å². The zero-order valence-corrected chi connectivity index (χ0v) is 9.89. The van der Waals surface area contributed by atoms with Gasteiger partial charge in [-0.1, -0.05) is 42.5 Å². The number of hydrogen-bond acceptors (Lipinski definition) is 2. The number of hydrogen-bond donors (Lipinski definition) is 2. The van der Waals surface area contributed by atoms with Crippen molar-refractivity contribution in [3.8, 4) is 0 Å². The van der Waals surface area contributed by atoms with E-state index in [0.717, 1.165) is 19.4 Å². The zero-order chi connectivity index (χ0) is 11.1. The standard InChI is InChI=1S/C12H18N2S/c1-10(9-12(13)15)14-8-7-11-5-3-2-4-6-11/h2-6,10,14H,7-9H2,1H3,(H2,13,15). The van der Waals surface area contributed by atoms with Gasteiger partial charge in [0, 0.05) is 12.5 Å². The Morgan fingerprint density at radius 3 is 2.67 bits per heavy atom. The summed E-state index contributed by atoms with van der Waals surface area (Å²) in [6.45, 7) is 3.07. The molecular weight excluding hydrogens is 204 g/mol. The van der Waals surface area contributed by atoms with Crippen molar-refractivity contribution in [3.63, 3.8) is 0 Å². The van der Waals surface area contributed by atoms with Gasteiger partial charge in [-0.25, -0.2) is 0 Å². The number of benzene rings is 1. The average Bonchev–Trinajstić information content (AvgIpc) is 2.18. The molecule has 0 aliphatic carbocycles. The molecule has 0 amide bonds. The third kappa shape index (κ3) is 5.50. The van der Waals surface area contributed by atoms with Crippen molar-refractivity contribution < 1.29 is 0 Å².